The molecule has 176 valence electrons. The number of benzene rings is 2. The molecule has 3 heterocycles. The van der Waals surface area contributed by atoms with Gasteiger partial charge in [-0.3, -0.25) is 24.5 Å². The molecule has 3 aliphatic rings. The summed E-state index contributed by atoms with van der Waals surface area (Å²) in [5, 5.41) is 3.84. The van der Waals surface area contributed by atoms with Crippen LogP contribution in [0.1, 0.15) is 17.5 Å². The molecule has 0 bridgehead atoms. The highest BCUT2D eigenvalue weighted by Gasteiger charge is 2.43. The molecule has 2 aromatic carbocycles. The molecule has 4 amide bonds. The van der Waals surface area contributed by atoms with Gasteiger partial charge in [0.15, 0.2) is 0 Å². The number of aromatic nitrogens is 1. The van der Waals surface area contributed by atoms with E-state index in [4.69, 9.17) is 4.74 Å². The molecular formula is C28H19N3O5. The molecule has 8 nitrogen and oxygen atoms in total. The van der Waals surface area contributed by atoms with E-state index in [0.717, 1.165) is 10.6 Å². The van der Waals surface area contributed by atoms with E-state index >= 15 is 0 Å². The molecule has 0 saturated carbocycles. The molecule has 0 unspecified atom stereocenters. The fourth-order valence-electron chi connectivity index (χ4n) is 4.75. The minimum absolute atomic E-state index is 0.0964. The Bertz CT molecular complexity index is 1620. The molecule has 36 heavy (non-hydrogen) atoms. The van der Waals surface area contributed by atoms with Gasteiger partial charge >= 0.3 is 0 Å². The van der Waals surface area contributed by atoms with Crippen LogP contribution in [0.3, 0.4) is 0 Å². The van der Waals surface area contributed by atoms with Crippen LogP contribution >= 0.6 is 0 Å². The highest BCUT2D eigenvalue weighted by molar-refractivity contribution is 6.36. The van der Waals surface area contributed by atoms with E-state index in [1.165, 1.54) is 10.8 Å². The number of imide groups is 2. The topological polar surface area (TPSA) is 97.7 Å². The predicted octanol–water partition coefficient (Wildman–Crippen LogP) is 3.08. The zero-order valence-corrected chi connectivity index (χ0v) is 19.0. The van der Waals surface area contributed by atoms with Crippen molar-refractivity contribution >= 4 is 40.1 Å². The number of rotatable bonds is 5. The molecule has 3 aromatic rings. The first-order chi connectivity index (χ1) is 17.5. The summed E-state index contributed by atoms with van der Waals surface area (Å²) in [6.07, 6.45) is 5.09. The number of hydrogen-bond donors (Lipinski definition) is 1. The Balaban J connectivity index is 1.59. The molecule has 0 atom stereocenters. The molecule has 0 saturated heterocycles. The number of nitrogens with one attached hydrogen (secondary N) is 1. The summed E-state index contributed by atoms with van der Waals surface area (Å²) in [4.78, 5) is 51.9. The first-order valence-corrected chi connectivity index (χ1v) is 11.3. The zero-order chi connectivity index (χ0) is 25.0. The second-order valence-electron chi connectivity index (χ2n) is 8.58. The molecule has 0 radical (unpaired) electrons. The van der Waals surface area contributed by atoms with Crippen LogP contribution in [0.4, 0.5) is 0 Å². The van der Waals surface area contributed by atoms with Crippen LogP contribution in [0.15, 0.2) is 96.1 Å². The number of allylic oxidation sites excluding steroid dienone is 1. The lowest BCUT2D eigenvalue weighted by Gasteiger charge is -2.21. The van der Waals surface area contributed by atoms with E-state index in [2.05, 4.69) is 11.9 Å². The van der Waals surface area contributed by atoms with Gasteiger partial charge in [0.05, 0.1) is 27.8 Å². The van der Waals surface area contributed by atoms with Gasteiger partial charge in [-0.25, -0.2) is 4.68 Å². The monoisotopic (exact) mass is 477 g/mol. The van der Waals surface area contributed by atoms with E-state index in [1.807, 2.05) is 30.3 Å². The Morgan fingerprint density at radius 3 is 2.42 bits per heavy atom. The van der Waals surface area contributed by atoms with E-state index in [-0.39, 0.29) is 29.2 Å². The second-order valence-corrected chi connectivity index (χ2v) is 8.58. The summed E-state index contributed by atoms with van der Waals surface area (Å²) < 4.78 is 7.65. The van der Waals surface area contributed by atoms with Crippen molar-refractivity contribution in [1.29, 1.82) is 0 Å². The van der Waals surface area contributed by atoms with E-state index in [9.17, 15) is 19.2 Å². The molecule has 0 fully saturated rings. The molecule has 1 N–H and O–H groups in total. The van der Waals surface area contributed by atoms with Crippen molar-refractivity contribution in [2.45, 2.75) is 13.0 Å². The number of carbonyl (C=O) groups is 4. The van der Waals surface area contributed by atoms with Crippen LogP contribution in [0.25, 0.3) is 16.5 Å². The van der Waals surface area contributed by atoms with Gasteiger partial charge in [0.1, 0.15) is 6.61 Å². The standard InChI is InChI=1S/C28H19N3O5/c1-16-8-7-12-19-23(16)27(35)31(26(19)34)30-21-13-6-5-11-18(21)24(20-14-22(32)29-25(20)33)28(30)36-15-17-9-3-2-4-10-17/h2-7,9-14H,1,8,15H2,(H,29,32,33). The van der Waals surface area contributed by atoms with Crippen LogP contribution in [-0.4, -0.2) is 28.3 Å². The summed E-state index contributed by atoms with van der Waals surface area (Å²) in [7, 11) is 0. The van der Waals surface area contributed by atoms with Gasteiger partial charge in [-0.05, 0) is 23.6 Å². The lowest BCUT2D eigenvalue weighted by Crippen LogP contribution is -2.41. The van der Waals surface area contributed by atoms with Gasteiger partial charge in [-0.1, -0.05) is 67.3 Å². The number of amides is 4. The van der Waals surface area contributed by atoms with Crippen molar-refractivity contribution in [2.75, 3.05) is 5.01 Å². The number of carbonyl (C=O) groups excluding carboxylic acids is 4. The highest BCUT2D eigenvalue weighted by atomic mass is 16.5. The van der Waals surface area contributed by atoms with E-state index < -0.39 is 23.6 Å². The average Bonchev–Trinajstić information content (AvgIpc) is 3.47. The lowest BCUT2D eigenvalue weighted by atomic mass is 9.95. The number of ether oxygens (including phenoxy) is 1. The smallest absolute Gasteiger partial charge is 0.281 e. The van der Waals surface area contributed by atoms with Gasteiger partial charge in [-0.15, -0.1) is 0 Å². The quantitative estimate of drug-likeness (QED) is 0.570. The molecule has 8 heteroatoms. The maximum absolute atomic E-state index is 13.6. The molecular weight excluding hydrogens is 458 g/mol. The highest BCUT2D eigenvalue weighted by Crippen LogP contribution is 2.41. The van der Waals surface area contributed by atoms with Crippen molar-refractivity contribution in [3.05, 3.63) is 107 Å². The minimum Gasteiger partial charge on any atom is -0.472 e. The average molecular weight is 477 g/mol. The van der Waals surface area contributed by atoms with Crippen molar-refractivity contribution in [1.82, 2.24) is 9.99 Å². The molecule has 1 aliphatic carbocycles. The third-order valence-electron chi connectivity index (χ3n) is 6.35. The first kappa shape index (κ1) is 21.5. The van der Waals surface area contributed by atoms with Gasteiger partial charge < -0.3 is 4.74 Å². The van der Waals surface area contributed by atoms with Gasteiger partial charge in [0.25, 0.3) is 23.6 Å². The number of fused-ring (bicyclic) bond motifs is 1. The summed E-state index contributed by atoms with van der Waals surface area (Å²) >= 11 is 0. The van der Waals surface area contributed by atoms with Gasteiger partial charge in [0.2, 0.25) is 5.88 Å². The van der Waals surface area contributed by atoms with Crippen LogP contribution in [0, 0.1) is 0 Å². The summed E-state index contributed by atoms with van der Waals surface area (Å²) in [5.74, 6) is -2.08. The molecule has 1 aromatic heterocycles. The number of nitrogens with zero attached hydrogens (tertiary/aromatic N) is 2. The molecule has 2 aliphatic heterocycles. The SMILES string of the molecule is C=C1CC=CC2=C1C(=O)N(n1c(OCc3ccccc3)c(C3=CC(=O)NC3=O)c3ccccc31)C2=O. The maximum Gasteiger partial charge on any atom is 0.281 e. The summed E-state index contributed by atoms with van der Waals surface area (Å²) in [6.45, 7) is 4.07. The minimum atomic E-state index is -0.583. The molecule has 0 spiro atoms. The second kappa shape index (κ2) is 8.06. The van der Waals surface area contributed by atoms with Crippen molar-refractivity contribution in [3.63, 3.8) is 0 Å². The largest absolute Gasteiger partial charge is 0.472 e. The van der Waals surface area contributed by atoms with Crippen molar-refractivity contribution in [2.24, 2.45) is 0 Å². The van der Waals surface area contributed by atoms with Crippen molar-refractivity contribution < 1.29 is 23.9 Å². The van der Waals surface area contributed by atoms with Crippen LogP contribution < -0.4 is 15.1 Å². The Morgan fingerprint density at radius 2 is 1.69 bits per heavy atom. The first-order valence-electron chi connectivity index (χ1n) is 11.3. The van der Waals surface area contributed by atoms with Crippen LogP contribution in [0.5, 0.6) is 5.88 Å². The Labute approximate surface area is 205 Å². The number of hydrogen-bond acceptors (Lipinski definition) is 5. The third-order valence-corrected chi connectivity index (χ3v) is 6.35. The van der Waals surface area contributed by atoms with Crippen LogP contribution in [-0.2, 0) is 25.8 Å². The van der Waals surface area contributed by atoms with Gasteiger partial charge in [-0.2, -0.15) is 5.01 Å². The summed E-state index contributed by atoms with van der Waals surface area (Å²) in [6, 6.07) is 16.4. The lowest BCUT2D eigenvalue weighted by molar-refractivity contribution is -0.124. The Morgan fingerprint density at radius 1 is 0.944 bits per heavy atom. The van der Waals surface area contributed by atoms with E-state index in [1.54, 1.807) is 36.4 Å². The van der Waals surface area contributed by atoms with Gasteiger partial charge in [0, 0.05) is 11.5 Å². The Hall–Kier alpha value is -4.98. The van der Waals surface area contributed by atoms with E-state index in [0.29, 0.717) is 28.5 Å². The maximum atomic E-state index is 13.6. The molecule has 6 rings (SSSR count). The third kappa shape index (κ3) is 3.15. The van der Waals surface area contributed by atoms with Crippen LogP contribution in [0.2, 0.25) is 0 Å². The predicted molar refractivity (Wildman–Crippen MR) is 132 cm³/mol. The zero-order valence-electron chi connectivity index (χ0n) is 19.0. The fraction of sp³-hybridized carbons (Fsp3) is 0.0714. The Kier molecular flexibility index (Phi) is 4.82. The normalized spacial score (nSPS) is 17.3. The fourth-order valence-corrected chi connectivity index (χ4v) is 4.75. The van der Waals surface area contributed by atoms with Crippen molar-refractivity contribution in [3.8, 4) is 5.88 Å². The number of para-hydroxylation sites is 1. The summed E-state index contributed by atoms with van der Waals surface area (Å²) in [5.41, 5.74) is 2.82.